The summed E-state index contributed by atoms with van der Waals surface area (Å²) >= 11 is 0. The monoisotopic (exact) mass is 476 g/mol. The van der Waals surface area contributed by atoms with E-state index in [0.717, 1.165) is 16.9 Å². The number of hydroxylamine groups is 1. The fraction of sp³-hybridized carbons (Fsp3) is 0.259. The molecule has 0 aromatic heterocycles. The maximum absolute atomic E-state index is 13.7. The second-order valence-electron chi connectivity index (χ2n) is 8.41. The molecule has 3 aromatic rings. The van der Waals surface area contributed by atoms with Gasteiger partial charge < -0.3 is 9.47 Å². The highest BCUT2D eigenvalue weighted by Crippen LogP contribution is 2.48. The van der Waals surface area contributed by atoms with Crippen LogP contribution in [0.2, 0.25) is 0 Å². The van der Waals surface area contributed by atoms with E-state index in [2.05, 4.69) is 0 Å². The summed E-state index contributed by atoms with van der Waals surface area (Å²) in [6, 6.07) is 19.5. The normalized spacial score (nSPS) is 21.4. The van der Waals surface area contributed by atoms with Crippen molar-refractivity contribution >= 4 is 23.2 Å². The maximum Gasteiger partial charge on any atom is 0.266 e. The van der Waals surface area contributed by atoms with Gasteiger partial charge in [-0.25, -0.2) is 14.4 Å². The minimum absolute atomic E-state index is 0.310. The number of imide groups is 1. The van der Waals surface area contributed by atoms with Crippen LogP contribution in [0.25, 0.3) is 0 Å². The van der Waals surface area contributed by atoms with E-state index in [4.69, 9.17) is 14.3 Å². The molecule has 180 valence electrons. The summed E-state index contributed by atoms with van der Waals surface area (Å²) in [5.41, 5.74) is 1.76. The predicted octanol–water partition coefficient (Wildman–Crippen LogP) is 4.67. The Morgan fingerprint density at radius 2 is 1.66 bits per heavy atom. The molecule has 35 heavy (non-hydrogen) atoms. The molecule has 2 aliphatic rings. The van der Waals surface area contributed by atoms with Crippen LogP contribution < -0.4 is 19.4 Å². The molecule has 0 aliphatic carbocycles. The Morgan fingerprint density at radius 1 is 0.914 bits per heavy atom. The Bertz CT molecular complexity index is 1230. The minimum atomic E-state index is -1.01. The molecular weight excluding hydrogens is 451 g/mol. The van der Waals surface area contributed by atoms with E-state index in [-0.39, 0.29) is 0 Å². The van der Waals surface area contributed by atoms with E-state index in [0.29, 0.717) is 29.5 Å². The van der Waals surface area contributed by atoms with E-state index in [9.17, 15) is 14.0 Å². The highest BCUT2D eigenvalue weighted by Gasteiger charge is 2.60. The zero-order valence-electron chi connectivity index (χ0n) is 19.4. The molecule has 5 rings (SSSR count). The molecule has 2 saturated heterocycles. The summed E-state index contributed by atoms with van der Waals surface area (Å²) in [5.74, 6) is -1.01. The van der Waals surface area contributed by atoms with Gasteiger partial charge in [0.15, 0.2) is 17.6 Å². The van der Waals surface area contributed by atoms with Crippen LogP contribution in [0.5, 0.6) is 11.5 Å². The van der Waals surface area contributed by atoms with Gasteiger partial charge in [0.1, 0.15) is 11.7 Å². The van der Waals surface area contributed by atoms with E-state index in [1.54, 1.807) is 18.2 Å². The SMILES string of the molecule is CCCOc1ccc(C2C3C(=O)N(c4ccc(F)cc4)C(=O)C3ON2c2ccccc2)cc1OC. The van der Waals surface area contributed by atoms with Gasteiger partial charge in [0.2, 0.25) is 5.91 Å². The fourth-order valence-corrected chi connectivity index (χ4v) is 4.60. The predicted molar refractivity (Wildman–Crippen MR) is 128 cm³/mol. The van der Waals surface area contributed by atoms with Gasteiger partial charge in [0, 0.05) is 0 Å². The minimum Gasteiger partial charge on any atom is -0.493 e. The molecule has 7 nitrogen and oxygen atoms in total. The highest BCUT2D eigenvalue weighted by molar-refractivity contribution is 6.23. The number of anilines is 2. The number of nitrogens with zero attached hydrogens (tertiary/aromatic N) is 2. The van der Waals surface area contributed by atoms with E-state index in [1.165, 1.54) is 24.3 Å². The Kier molecular flexibility index (Phi) is 6.13. The summed E-state index contributed by atoms with van der Waals surface area (Å²) in [6.07, 6.45) is -0.164. The lowest BCUT2D eigenvalue weighted by Gasteiger charge is -2.29. The van der Waals surface area contributed by atoms with Gasteiger partial charge in [-0.3, -0.25) is 14.4 Å². The summed E-state index contributed by atoms with van der Waals surface area (Å²) in [6.45, 7) is 2.56. The number of carbonyl (C=O) groups excluding carboxylic acids is 2. The lowest BCUT2D eigenvalue weighted by Crippen LogP contribution is -2.37. The second kappa shape index (κ2) is 9.38. The largest absolute Gasteiger partial charge is 0.493 e. The molecule has 3 aromatic carbocycles. The van der Waals surface area contributed by atoms with Crippen molar-refractivity contribution in [2.24, 2.45) is 5.92 Å². The summed E-state index contributed by atoms with van der Waals surface area (Å²) in [4.78, 5) is 34.2. The lowest BCUT2D eigenvalue weighted by atomic mass is 9.90. The van der Waals surface area contributed by atoms with Gasteiger partial charge >= 0.3 is 0 Å². The number of hydrogen-bond donors (Lipinski definition) is 0. The lowest BCUT2D eigenvalue weighted by molar-refractivity contribution is -0.126. The molecule has 2 aliphatic heterocycles. The number of halogens is 1. The first-order chi connectivity index (χ1) is 17.0. The molecule has 3 unspecified atom stereocenters. The summed E-state index contributed by atoms with van der Waals surface area (Å²) in [7, 11) is 1.56. The number of carbonyl (C=O) groups is 2. The molecule has 3 atom stereocenters. The van der Waals surface area contributed by atoms with Crippen molar-refractivity contribution < 1.29 is 28.3 Å². The van der Waals surface area contributed by atoms with Crippen molar-refractivity contribution in [3.63, 3.8) is 0 Å². The van der Waals surface area contributed by atoms with Gasteiger partial charge in [-0.1, -0.05) is 31.2 Å². The Labute approximate surface area is 202 Å². The Hall–Kier alpha value is -3.91. The zero-order valence-corrected chi connectivity index (χ0v) is 19.4. The van der Waals surface area contributed by atoms with Crippen molar-refractivity contribution in [2.75, 3.05) is 23.7 Å². The van der Waals surface area contributed by atoms with E-state index >= 15 is 0 Å². The molecule has 2 heterocycles. The quantitative estimate of drug-likeness (QED) is 0.462. The second-order valence-corrected chi connectivity index (χ2v) is 8.41. The van der Waals surface area contributed by atoms with Crippen LogP contribution in [-0.2, 0) is 14.4 Å². The number of rotatable bonds is 7. The van der Waals surface area contributed by atoms with Crippen LogP contribution in [0.1, 0.15) is 24.9 Å². The van der Waals surface area contributed by atoms with E-state index < -0.39 is 35.7 Å². The molecule has 0 saturated carbocycles. The van der Waals surface area contributed by atoms with Crippen molar-refractivity contribution in [1.29, 1.82) is 0 Å². The van der Waals surface area contributed by atoms with Gasteiger partial charge in [0.25, 0.3) is 5.91 Å². The van der Waals surface area contributed by atoms with Gasteiger partial charge in [-0.15, -0.1) is 0 Å². The zero-order chi connectivity index (χ0) is 24.5. The molecule has 8 heteroatoms. The van der Waals surface area contributed by atoms with Crippen LogP contribution in [0, 0.1) is 11.7 Å². The number of methoxy groups -OCH3 is 1. The third kappa shape index (κ3) is 4.00. The molecule has 0 bridgehead atoms. The first kappa shape index (κ1) is 22.9. The Morgan fingerprint density at radius 3 is 2.34 bits per heavy atom. The number of hydrogen-bond acceptors (Lipinski definition) is 6. The third-order valence-corrected chi connectivity index (χ3v) is 6.20. The van der Waals surface area contributed by atoms with Crippen LogP contribution >= 0.6 is 0 Å². The number of ether oxygens (including phenoxy) is 2. The Balaban J connectivity index is 1.57. The number of amides is 2. The molecule has 0 spiro atoms. The summed E-state index contributed by atoms with van der Waals surface area (Å²) < 4.78 is 24.8. The van der Waals surface area contributed by atoms with Crippen LogP contribution in [0.15, 0.2) is 72.8 Å². The first-order valence-electron chi connectivity index (χ1n) is 11.5. The first-order valence-corrected chi connectivity index (χ1v) is 11.5. The third-order valence-electron chi connectivity index (χ3n) is 6.20. The number of fused-ring (bicyclic) bond motifs is 1. The maximum atomic E-state index is 13.7. The molecule has 0 N–H and O–H groups in total. The summed E-state index contributed by atoms with van der Waals surface area (Å²) in [5, 5.41) is 1.62. The average molecular weight is 477 g/mol. The molecule has 2 amide bonds. The number of para-hydroxylation sites is 1. The molecule has 0 radical (unpaired) electrons. The van der Waals surface area contributed by atoms with Crippen molar-refractivity contribution in [2.45, 2.75) is 25.5 Å². The number of benzene rings is 3. The molecular formula is C27H25FN2O5. The van der Waals surface area contributed by atoms with Gasteiger partial charge in [-0.05, 0) is 60.5 Å². The smallest absolute Gasteiger partial charge is 0.266 e. The van der Waals surface area contributed by atoms with Crippen LogP contribution in [-0.4, -0.2) is 31.6 Å². The molecule has 2 fully saturated rings. The topological polar surface area (TPSA) is 68.3 Å². The van der Waals surface area contributed by atoms with Gasteiger partial charge in [-0.2, -0.15) is 0 Å². The van der Waals surface area contributed by atoms with Crippen molar-refractivity contribution in [3.8, 4) is 11.5 Å². The van der Waals surface area contributed by atoms with E-state index in [1.807, 2.05) is 49.4 Å². The standard InChI is InChI=1S/C27H25FN2O5/c1-3-15-34-21-14-9-17(16-22(21)33-2)24-23-25(35-30(24)20-7-5-4-6-8-20)27(32)29(26(23)31)19-12-10-18(28)11-13-19/h4-14,16,23-25H,3,15H2,1-2H3. The van der Waals surface area contributed by atoms with Crippen molar-refractivity contribution in [1.82, 2.24) is 0 Å². The van der Waals surface area contributed by atoms with Gasteiger partial charge in [0.05, 0.1) is 31.1 Å². The average Bonchev–Trinajstić information content (AvgIpc) is 3.39. The van der Waals surface area contributed by atoms with Crippen LogP contribution in [0.4, 0.5) is 15.8 Å². The van der Waals surface area contributed by atoms with Crippen molar-refractivity contribution in [3.05, 3.63) is 84.2 Å². The highest BCUT2D eigenvalue weighted by atomic mass is 19.1. The van der Waals surface area contributed by atoms with Crippen LogP contribution in [0.3, 0.4) is 0 Å². The fourth-order valence-electron chi connectivity index (χ4n) is 4.60.